The van der Waals surface area contributed by atoms with Crippen molar-refractivity contribution in [3.63, 3.8) is 0 Å². The number of Topliss-reactive ketones (excluding diaryl/α,β-unsaturated/α-hetero) is 1. The molecule has 0 N–H and O–H groups in total. The van der Waals surface area contributed by atoms with Gasteiger partial charge in [-0.05, 0) is 31.0 Å². The van der Waals surface area contributed by atoms with Crippen LogP contribution in [0.4, 0.5) is 0 Å². The zero-order valence-electron chi connectivity index (χ0n) is 18.1. The number of benzene rings is 3. The summed E-state index contributed by atoms with van der Waals surface area (Å²) in [6, 6.07) is 23.2. The average molecular weight is 464 g/mol. The third-order valence-corrected chi connectivity index (χ3v) is 7.54. The van der Waals surface area contributed by atoms with E-state index in [0.29, 0.717) is 24.2 Å². The van der Waals surface area contributed by atoms with Crippen molar-refractivity contribution >= 4 is 21.8 Å². The number of nitrogens with zero attached hydrogens (tertiary/aromatic N) is 1. The van der Waals surface area contributed by atoms with Crippen LogP contribution in [0, 0.1) is 0 Å². The summed E-state index contributed by atoms with van der Waals surface area (Å²) in [5, 5.41) is 0. The minimum absolute atomic E-state index is 0.0458. The number of rotatable bonds is 7. The fourth-order valence-electron chi connectivity index (χ4n) is 3.87. The van der Waals surface area contributed by atoms with Gasteiger partial charge in [0.1, 0.15) is 0 Å². The Balaban J connectivity index is 1.61. The molecule has 0 spiro atoms. The molecule has 170 valence electrons. The summed E-state index contributed by atoms with van der Waals surface area (Å²) < 4.78 is 33.1. The van der Waals surface area contributed by atoms with Crippen LogP contribution in [0.3, 0.4) is 0 Å². The highest BCUT2D eigenvalue weighted by molar-refractivity contribution is 7.89. The first-order valence-electron chi connectivity index (χ1n) is 10.9. The Bertz CT molecular complexity index is 1220. The number of esters is 1. The Labute approximate surface area is 193 Å². The summed E-state index contributed by atoms with van der Waals surface area (Å²) in [5.74, 6) is -1.11. The summed E-state index contributed by atoms with van der Waals surface area (Å²) in [4.78, 5) is 26.2. The molecule has 0 radical (unpaired) electrons. The molecule has 1 atom stereocenters. The van der Waals surface area contributed by atoms with Gasteiger partial charge in [-0.1, -0.05) is 73.2 Å². The number of sulfonamides is 1. The van der Waals surface area contributed by atoms with E-state index in [-0.39, 0.29) is 16.2 Å². The van der Waals surface area contributed by atoms with Gasteiger partial charge in [0.2, 0.25) is 15.8 Å². The highest BCUT2D eigenvalue weighted by Crippen LogP contribution is 2.26. The molecule has 6 nitrogen and oxygen atoms in total. The zero-order valence-corrected chi connectivity index (χ0v) is 18.9. The molecule has 0 aromatic heterocycles. The summed E-state index contributed by atoms with van der Waals surface area (Å²) in [7, 11) is -3.70. The quantitative estimate of drug-likeness (QED) is 0.377. The molecule has 4 rings (SSSR count). The van der Waals surface area contributed by atoms with E-state index in [2.05, 4.69) is 0 Å². The molecule has 3 aromatic rings. The van der Waals surface area contributed by atoms with Crippen molar-refractivity contribution in [3.8, 4) is 0 Å². The first-order valence-corrected chi connectivity index (χ1v) is 12.4. The van der Waals surface area contributed by atoms with Gasteiger partial charge in [-0.3, -0.25) is 4.79 Å². The highest BCUT2D eigenvalue weighted by Gasteiger charge is 2.29. The molecule has 0 unspecified atom stereocenters. The van der Waals surface area contributed by atoms with Crippen LogP contribution in [0.15, 0.2) is 89.8 Å². The van der Waals surface area contributed by atoms with Crippen molar-refractivity contribution in [3.05, 3.63) is 102 Å². The van der Waals surface area contributed by atoms with Crippen molar-refractivity contribution < 1.29 is 22.7 Å². The van der Waals surface area contributed by atoms with E-state index < -0.39 is 22.1 Å². The van der Waals surface area contributed by atoms with Crippen LogP contribution >= 0.6 is 0 Å². The van der Waals surface area contributed by atoms with Crippen LogP contribution < -0.4 is 0 Å². The summed E-state index contributed by atoms with van der Waals surface area (Å²) in [6.45, 7) is 0.942. The Morgan fingerprint density at radius 2 is 1.36 bits per heavy atom. The van der Waals surface area contributed by atoms with Gasteiger partial charge in [0.15, 0.2) is 6.10 Å². The lowest BCUT2D eigenvalue weighted by molar-refractivity contribution is 0.0280. The highest BCUT2D eigenvalue weighted by atomic mass is 32.2. The normalized spacial score (nSPS) is 15.5. The molecule has 0 aliphatic carbocycles. The smallest absolute Gasteiger partial charge is 0.339 e. The number of carbonyl (C=O) groups excluding carboxylic acids is 2. The van der Waals surface area contributed by atoms with Gasteiger partial charge in [0.25, 0.3) is 0 Å². The lowest BCUT2D eigenvalue weighted by atomic mass is 10.00. The van der Waals surface area contributed by atoms with Crippen LogP contribution in [0.1, 0.15) is 51.6 Å². The van der Waals surface area contributed by atoms with E-state index in [1.165, 1.54) is 28.6 Å². The van der Waals surface area contributed by atoms with Crippen LogP contribution in [-0.2, 0) is 14.8 Å². The van der Waals surface area contributed by atoms with Crippen LogP contribution in [0.2, 0.25) is 0 Å². The second-order valence-corrected chi connectivity index (χ2v) is 9.86. The second-order valence-electron chi connectivity index (χ2n) is 7.92. The van der Waals surface area contributed by atoms with E-state index in [9.17, 15) is 18.0 Å². The molecule has 1 aliphatic rings. The predicted molar refractivity (Wildman–Crippen MR) is 124 cm³/mol. The van der Waals surface area contributed by atoms with Gasteiger partial charge in [0, 0.05) is 24.2 Å². The van der Waals surface area contributed by atoms with E-state index in [1.807, 2.05) is 6.07 Å². The molecule has 1 aliphatic heterocycles. The van der Waals surface area contributed by atoms with Gasteiger partial charge >= 0.3 is 5.97 Å². The molecule has 0 amide bonds. The zero-order chi connectivity index (χ0) is 23.3. The minimum Gasteiger partial charge on any atom is -0.445 e. The standard InChI is InChI=1S/C26H25NO5S/c28-24(20-11-4-1-5-12-20)25(21-13-6-2-7-14-21)32-26(29)22-15-10-16-23(19-22)33(30,31)27-17-8-3-9-18-27/h1-2,4-7,10-16,19,25H,3,8-9,17-18H2/t25-/m0/s1. The number of piperidine rings is 1. The maximum atomic E-state index is 13.2. The summed E-state index contributed by atoms with van der Waals surface area (Å²) >= 11 is 0. The average Bonchev–Trinajstić information content (AvgIpc) is 2.88. The number of carbonyl (C=O) groups is 2. The van der Waals surface area contributed by atoms with Crippen molar-refractivity contribution in [1.82, 2.24) is 4.31 Å². The Morgan fingerprint density at radius 1 is 0.758 bits per heavy atom. The van der Waals surface area contributed by atoms with E-state index in [4.69, 9.17) is 4.74 Å². The van der Waals surface area contributed by atoms with E-state index in [1.54, 1.807) is 54.6 Å². The van der Waals surface area contributed by atoms with Crippen molar-refractivity contribution in [2.45, 2.75) is 30.3 Å². The van der Waals surface area contributed by atoms with Crippen LogP contribution in [0.25, 0.3) is 0 Å². The number of ketones is 1. The first kappa shape index (κ1) is 22.9. The Hall–Kier alpha value is -3.29. The minimum atomic E-state index is -3.70. The lowest BCUT2D eigenvalue weighted by Gasteiger charge is -2.26. The molecule has 0 saturated carbocycles. The molecular formula is C26H25NO5S. The number of ether oxygens (including phenoxy) is 1. The largest absolute Gasteiger partial charge is 0.445 e. The SMILES string of the molecule is O=C(O[C@H](C(=O)c1ccccc1)c1ccccc1)c1cccc(S(=O)(=O)N2CCCCC2)c1. The van der Waals surface area contributed by atoms with E-state index in [0.717, 1.165) is 19.3 Å². The van der Waals surface area contributed by atoms with Crippen molar-refractivity contribution in [2.75, 3.05) is 13.1 Å². The molecule has 0 bridgehead atoms. The van der Waals surface area contributed by atoms with E-state index >= 15 is 0 Å². The lowest BCUT2D eigenvalue weighted by Crippen LogP contribution is -2.35. The van der Waals surface area contributed by atoms with Crippen LogP contribution in [-0.4, -0.2) is 37.6 Å². The summed E-state index contributed by atoms with van der Waals surface area (Å²) in [5.41, 5.74) is 1.03. The monoisotopic (exact) mass is 463 g/mol. The van der Waals surface area contributed by atoms with Crippen molar-refractivity contribution in [2.24, 2.45) is 0 Å². The van der Waals surface area contributed by atoms with Gasteiger partial charge in [0.05, 0.1) is 10.5 Å². The molecule has 1 fully saturated rings. The van der Waals surface area contributed by atoms with Gasteiger partial charge in [-0.15, -0.1) is 0 Å². The summed E-state index contributed by atoms with van der Waals surface area (Å²) in [6.07, 6.45) is 1.50. The maximum absolute atomic E-state index is 13.2. The molecule has 1 heterocycles. The second kappa shape index (κ2) is 10.1. The Morgan fingerprint density at radius 3 is 2.03 bits per heavy atom. The predicted octanol–water partition coefficient (Wildman–Crippen LogP) is 4.64. The Kier molecular flexibility index (Phi) is 7.01. The van der Waals surface area contributed by atoms with Gasteiger partial charge < -0.3 is 4.74 Å². The molecule has 3 aromatic carbocycles. The third kappa shape index (κ3) is 5.21. The molecule has 33 heavy (non-hydrogen) atoms. The molecule has 1 saturated heterocycles. The van der Waals surface area contributed by atoms with Crippen molar-refractivity contribution in [1.29, 1.82) is 0 Å². The van der Waals surface area contributed by atoms with Crippen LogP contribution in [0.5, 0.6) is 0 Å². The fourth-order valence-corrected chi connectivity index (χ4v) is 5.43. The maximum Gasteiger partial charge on any atom is 0.339 e. The fraction of sp³-hybridized carbons (Fsp3) is 0.231. The topological polar surface area (TPSA) is 80.8 Å². The number of hydrogen-bond acceptors (Lipinski definition) is 5. The first-order chi connectivity index (χ1) is 16.0. The molecule has 7 heteroatoms. The van der Waals surface area contributed by atoms with Gasteiger partial charge in [-0.25, -0.2) is 13.2 Å². The number of hydrogen-bond donors (Lipinski definition) is 0. The third-order valence-electron chi connectivity index (χ3n) is 5.65. The molecular weight excluding hydrogens is 438 g/mol. The van der Waals surface area contributed by atoms with Gasteiger partial charge in [-0.2, -0.15) is 4.31 Å².